The van der Waals surface area contributed by atoms with Crippen LogP contribution in [0.3, 0.4) is 0 Å². The van der Waals surface area contributed by atoms with Gasteiger partial charge in [0.2, 0.25) is 0 Å². The first-order chi connectivity index (χ1) is 10.2. The number of sulfone groups is 1. The molecule has 2 aliphatic carbocycles. The maximum atomic E-state index is 11.7. The van der Waals surface area contributed by atoms with E-state index in [0.29, 0.717) is 0 Å². The zero-order valence-electron chi connectivity index (χ0n) is 13.7. The predicted octanol–water partition coefficient (Wildman–Crippen LogP) is 3.52. The standard InChI is InChI=1S/C18H26O3S/c1-12-10-22(20,21)11-15(12)17(19)14-6-7-16-13(9-14)5-4-8-18(16,2)3/h6,10,15,17,19H,4-5,7-9,11H2,1-3H3. The van der Waals surface area contributed by atoms with Crippen molar-refractivity contribution in [3.8, 4) is 0 Å². The van der Waals surface area contributed by atoms with Crippen molar-refractivity contribution in [2.75, 3.05) is 5.75 Å². The van der Waals surface area contributed by atoms with Crippen molar-refractivity contribution in [1.82, 2.24) is 0 Å². The molecule has 1 aliphatic heterocycles. The van der Waals surface area contributed by atoms with E-state index in [1.165, 1.54) is 23.8 Å². The van der Waals surface area contributed by atoms with Crippen LogP contribution in [0, 0.1) is 11.3 Å². The summed E-state index contributed by atoms with van der Waals surface area (Å²) in [5.74, 6) is -0.218. The van der Waals surface area contributed by atoms with Gasteiger partial charge in [0.05, 0.1) is 11.9 Å². The fourth-order valence-electron chi connectivity index (χ4n) is 4.32. The number of allylic oxidation sites excluding steroid dienone is 3. The fraction of sp³-hybridized carbons (Fsp3) is 0.667. The number of rotatable bonds is 2. The van der Waals surface area contributed by atoms with Gasteiger partial charge in [-0.3, -0.25) is 0 Å². The van der Waals surface area contributed by atoms with E-state index < -0.39 is 15.9 Å². The summed E-state index contributed by atoms with van der Waals surface area (Å²) in [4.78, 5) is 0. The number of aliphatic hydroxyl groups is 1. The topological polar surface area (TPSA) is 54.4 Å². The van der Waals surface area contributed by atoms with Gasteiger partial charge in [-0.1, -0.05) is 36.6 Å². The van der Waals surface area contributed by atoms with E-state index in [2.05, 4.69) is 19.9 Å². The lowest BCUT2D eigenvalue weighted by Crippen LogP contribution is -2.29. The molecule has 22 heavy (non-hydrogen) atoms. The van der Waals surface area contributed by atoms with E-state index in [0.717, 1.165) is 30.4 Å². The van der Waals surface area contributed by atoms with Gasteiger partial charge in [-0.2, -0.15) is 0 Å². The molecule has 0 radical (unpaired) electrons. The molecular formula is C18H26O3S. The number of aliphatic hydroxyl groups excluding tert-OH is 1. The van der Waals surface area contributed by atoms with Gasteiger partial charge in [0, 0.05) is 11.3 Å². The third kappa shape index (κ3) is 2.83. The summed E-state index contributed by atoms with van der Waals surface area (Å²) < 4.78 is 23.5. The van der Waals surface area contributed by atoms with Crippen molar-refractivity contribution in [3.63, 3.8) is 0 Å². The van der Waals surface area contributed by atoms with Gasteiger partial charge in [0.1, 0.15) is 0 Å². The van der Waals surface area contributed by atoms with E-state index >= 15 is 0 Å². The highest BCUT2D eigenvalue weighted by atomic mass is 32.2. The lowest BCUT2D eigenvalue weighted by molar-refractivity contribution is 0.166. The van der Waals surface area contributed by atoms with Gasteiger partial charge < -0.3 is 5.11 Å². The van der Waals surface area contributed by atoms with Gasteiger partial charge in [-0.25, -0.2) is 8.42 Å². The van der Waals surface area contributed by atoms with Crippen molar-refractivity contribution in [3.05, 3.63) is 33.8 Å². The molecule has 0 amide bonds. The van der Waals surface area contributed by atoms with E-state index in [-0.39, 0.29) is 17.1 Å². The van der Waals surface area contributed by atoms with Crippen molar-refractivity contribution < 1.29 is 13.5 Å². The molecule has 2 unspecified atom stereocenters. The highest BCUT2D eigenvalue weighted by molar-refractivity contribution is 7.94. The minimum absolute atomic E-state index is 0.0503. The third-order valence-electron chi connectivity index (χ3n) is 5.63. The highest BCUT2D eigenvalue weighted by Crippen LogP contribution is 2.47. The average molecular weight is 322 g/mol. The molecule has 1 heterocycles. The average Bonchev–Trinajstić information content (AvgIpc) is 2.70. The molecular weight excluding hydrogens is 296 g/mol. The van der Waals surface area contributed by atoms with Crippen LogP contribution >= 0.6 is 0 Å². The Labute approximate surface area is 133 Å². The van der Waals surface area contributed by atoms with E-state index in [1.807, 2.05) is 6.92 Å². The molecule has 1 N–H and O–H groups in total. The van der Waals surface area contributed by atoms with Crippen LogP contribution in [0.5, 0.6) is 0 Å². The molecule has 0 saturated heterocycles. The molecule has 0 bridgehead atoms. The quantitative estimate of drug-likeness (QED) is 0.791. The molecule has 0 aromatic carbocycles. The first-order valence-electron chi connectivity index (χ1n) is 8.19. The van der Waals surface area contributed by atoms with E-state index in [9.17, 15) is 13.5 Å². The Morgan fingerprint density at radius 3 is 2.73 bits per heavy atom. The van der Waals surface area contributed by atoms with Crippen LogP contribution in [0.1, 0.15) is 52.9 Å². The van der Waals surface area contributed by atoms with Crippen molar-refractivity contribution in [2.45, 2.75) is 59.0 Å². The Bertz CT molecular complexity index is 677. The van der Waals surface area contributed by atoms with Gasteiger partial charge in [0.15, 0.2) is 9.84 Å². The van der Waals surface area contributed by atoms with Crippen LogP contribution in [-0.4, -0.2) is 25.4 Å². The summed E-state index contributed by atoms with van der Waals surface area (Å²) in [5, 5.41) is 12.0. The molecule has 3 rings (SSSR count). The van der Waals surface area contributed by atoms with E-state index in [1.54, 1.807) is 5.57 Å². The Kier molecular flexibility index (Phi) is 3.89. The summed E-state index contributed by atoms with van der Waals surface area (Å²) in [5.41, 5.74) is 5.10. The van der Waals surface area contributed by atoms with Crippen LogP contribution in [0.25, 0.3) is 0 Å². The Hall–Kier alpha value is -0.870. The zero-order valence-corrected chi connectivity index (χ0v) is 14.5. The second kappa shape index (κ2) is 5.34. The Balaban J connectivity index is 1.79. The molecule has 0 saturated carbocycles. The predicted molar refractivity (Wildman–Crippen MR) is 89.0 cm³/mol. The maximum Gasteiger partial charge on any atom is 0.172 e. The molecule has 4 heteroatoms. The SMILES string of the molecule is CC1=CS(=O)(=O)CC1C(O)C1=CCC2=C(CCCC2(C)C)C1. The lowest BCUT2D eigenvalue weighted by Gasteiger charge is -2.38. The van der Waals surface area contributed by atoms with Gasteiger partial charge in [-0.05, 0) is 50.0 Å². The molecule has 0 aromatic heterocycles. The second-order valence-corrected chi connectivity index (χ2v) is 9.62. The van der Waals surface area contributed by atoms with Crippen LogP contribution in [-0.2, 0) is 9.84 Å². The van der Waals surface area contributed by atoms with Gasteiger partial charge in [0.25, 0.3) is 0 Å². The molecule has 0 spiro atoms. The first-order valence-corrected chi connectivity index (χ1v) is 9.90. The van der Waals surface area contributed by atoms with Crippen LogP contribution in [0.4, 0.5) is 0 Å². The molecule has 2 atom stereocenters. The Morgan fingerprint density at radius 1 is 1.36 bits per heavy atom. The molecule has 122 valence electrons. The minimum atomic E-state index is -3.13. The van der Waals surface area contributed by atoms with Crippen LogP contribution in [0.2, 0.25) is 0 Å². The van der Waals surface area contributed by atoms with Gasteiger partial charge in [-0.15, -0.1) is 0 Å². The minimum Gasteiger partial charge on any atom is -0.388 e. The summed E-state index contributed by atoms with van der Waals surface area (Å²) in [6, 6.07) is 0. The Morgan fingerprint density at radius 2 is 2.09 bits per heavy atom. The fourth-order valence-corrected chi connectivity index (χ4v) is 6.10. The summed E-state index contributed by atoms with van der Waals surface area (Å²) in [6.45, 7) is 6.44. The molecule has 0 fully saturated rings. The van der Waals surface area contributed by atoms with Gasteiger partial charge >= 0.3 is 0 Å². The largest absolute Gasteiger partial charge is 0.388 e. The first kappa shape index (κ1) is 16.0. The summed E-state index contributed by atoms with van der Waals surface area (Å²) in [6.07, 6.45) is 6.80. The smallest absolute Gasteiger partial charge is 0.172 e. The van der Waals surface area contributed by atoms with Crippen molar-refractivity contribution in [1.29, 1.82) is 0 Å². The van der Waals surface area contributed by atoms with Crippen LogP contribution in [0.15, 0.2) is 33.8 Å². The summed E-state index contributed by atoms with van der Waals surface area (Å²) in [7, 11) is -3.13. The molecule has 0 aromatic rings. The second-order valence-electron chi connectivity index (χ2n) is 7.72. The number of hydrogen-bond donors (Lipinski definition) is 1. The maximum absolute atomic E-state index is 11.7. The van der Waals surface area contributed by atoms with Crippen molar-refractivity contribution >= 4 is 9.84 Å². The third-order valence-corrected chi connectivity index (χ3v) is 7.19. The monoisotopic (exact) mass is 322 g/mol. The zero-order chi connectivity index (χ0) is 16.1. The highest BCUT2D eigenvalue weighted by Gasteiger charge is 2.37. The normalized spacial score (nSPS) is 31.4. The molecule has 3 nitrogen and oxygen atoms in total. The lowest BCUT2D eigenvalue weighted by atomic mass is 9.67. The summed E-state index contributed by atoms with van der Waals surface area (Å²) >= 11 is 0. The van der Waals surface area contributed by atoms with Crippen LogP contribution < -0.4 is 0 Å². The molecule has 3 aliphatic rings. The van der Waals surface area contributed by atoms with Crippen molar-refractivity contribution in [2.24, 2.45) is 11.3 Å². The number of hydrogen-bond acceptors (Lipinski definition) is 3. The van der Waals surface area contributed by atoms with E-state index in [4.69, 9.17) is 0 Å².